The summed E-state index contributed by atoms with van der Waals surface area (Å²) in [7, 11) is 1.53. The zero-order valence-corrected chi connectivity index (χ0v) is 18.5. The molecular weight excluding hydrogens is 435 g/mol. The van der Waals surface area contributed by atoms with E-state index in [1.165, 1.54) is 17.9 Å². The van der Waals surface area contributed by atoms with Crippen LogP contribution in [0.4, 0.5) is 16.0 Å². The number of amides is 1. The highest BCUT2D eigenvalue weighted by Gasteiger charge is 2.36. The highest BCUT2D eigenvalue weighted by Crippen LogP contribution is 2.38. The fourth-order valence-corrected chi connectivity index (χ4v) is 3.98. The van der Waals surface area contributed by atoms with Gasteiger partial charge in [0.25, 0.3) is 5.91 Å². The van der Waals surface area contributed by atoms with Crippen molar-refractivity contribution in [1.82, 2.24) is 19.7 Å². The van der Waals surface area contributed by atoms with Gasteiger partial charge in [-0.3, -0.25) is 9.78 Å². The van der Waals surface area contributed by atoms with Crippen LogP contribution >= 0.6 is 0 Å². The number of anilines is 2. The van der Waals surface area contributed by atoms with Crippen LogP contribution in [-0.2, 0) is 4.79 Å². The fraction of sp³-hybridized carbons (Fsp3) is 0.120. The van der Waals surface area contributed by atoms with Gasteiger partial charge in [0.2, 0.25) is 5.95 Å². The lowest BCUT2D eigenvalue weighted by molar-refractivity contribution is -0.113. The summed E-state index contributed by atoms with van der Waals surface area (Å²) in [6, 6.07) is 16.2. The summed E-state index contributed by atoms with van der Waals surface area (Å²) in [5, 5.41) is 10.7. The number of halogens is 1. The van der Waals surface area contributed by atoms with E-state index >= 15 is 4.39 Å². The molecule has 3 heterocycles. The van der Waals surface area contributed by atoms with Crippen molar-refractivity contribution in [2.24, 2.45) is 0 Å². The molecule has 1 aliphatic heterocycles. The fourth-order valence-electron chi connectivity index (χ4n) is 3.98. The van der Waals surface area contributed by atoms with Crippen molar-refractivity contribution >= 4 is 17.5 Å². The van der Waals surface area contributed by atoms with Gasteiger partial charge >= 0.3 is 0 Å². The Morgan fingerprint density at radius 1 is 1.12 bits per heavy atom. The van der Waals surface area contributed by atoms with E-state index in [9.17, 15) is 4.79 Å². The van der Waals surface area contributed by atoms with E-state index in [2.05, 4.69) is 25.7 Å². The number of ether oxygens (including phenoxy) is 1. The maximum Gasteiger partial charge on any atom is 0.255 e. The number of nitrogens with zero attached hydrogens (tertiary/aromatic N) is 4. The Labute approximate surface area is 195 Å². The number of rotatable bonds is 5. The standard InChI is InChI=1S/C25H21FN6O2/c1-15-21(24(33)29-19-11-5-6-12-20(19)34-2)22(17-9-3-4-10-18(17)26)32-25(28-15)30-23(31-32)16-8-7-13-27-14-16/h3-14,22H,1-2H3,(H,29,33)(H,28,30,31). The molecule has 1 aliphatic rings. The minimum Gasteiger partial charge on any atom is -0.495 e. The smallest absolute Gasteiger partial charge is 0.255 e. The van der Waals surface area contributed by atoms with E-state index in [0.29, 0.717) is 45.6 Å². The first kappa shape index (κ1) is 21.3. The second kappa shape index (κ2) is 8.78. The third-order valence-electron chi connectivity index (χ3n) is 5.57. The number of carbonyl (C=O) groups is 1. The van der Waals surface area contributed by atoms with Gasteiger partial charge in [-0.15, -0.1) is 5.10 Å². The molecule has 1 amide bonds. The normalized spacial score (nSPS) is 14.9. The van der Waals surface area contributed by atoms with Crippen LogP contribution in [0.5, 0.6) is 5.75 Å². The minimum absolute atomic E-state index is 0.303. The molecule has 4 aromatic rings. The van der Waals surface area contributed by atoms with Crippen LogP contribution in [0, 0.1) is 5.82 Å². The number of benzene rings is 2. The van der Waals surface area contributed by atoms with Crippen molar-refractivity contribution in [3.05, 3.63) is 95.7 Å². The predicted molar refractivity (Wildman–Crippen MR) is 126 cm³/mol. The first-order valence-corrected chi connectivity index (χ1v) is 10.6. The third-order valence-corrected chi connectivity index (χ3v) is 5.57. The van der Waals surface area contributed by atoms with Crippen molar-refractivity contribution in [3.63, 3.8) is 0 Å². The van der Waals surface area contributed by atoms with Crippen LogP contribution in [0.1, 0.15) is 18.5 Å². The van der Waals surface area contributed by atoms with E-state index in [1.807, 2.05) is 12.1 Å². The van der Waals surface area contributed by atoms with Gasteiger partial charge in [0.1, 0.15) is 17.6 Å². The number of nitrogens with one attached hydrogen (secondary N) is 2. The summed E-state index contributed by atoms with van der Waals surface area (Å²) < 4.78 is 21.9. The number of carbonyl (C=O) groups excluding carboxylic acids is 1. The molecule has 0 fully saturated rings. The van der Waals surface area contributed by atoms with Crippen LogP contribution in [0.25, 0.3) is 11.4 Å². The van der Waals surface area contributed by atoms with Gasteiger partial charge in [-0.1, -0.05) is 30.3 Å². The molecule has 0 radical (unpaired) electrons. The van der Waals surface area contributed by atoms with Gasteiger partial charge in [-0.2, -0.15) is 4.98 Å². The van der Waals surface area contributed by atoms with E-state index in [1.54, 1.807) is 61.8 Å². The molecule has 170 valence electrons. The molecule has 1 atom stereocenters. The Balaban J connectivity index is 1.62. The van der Waals surface area contributed by atoms with E-state index in [-0.39, 0.29) is 0 Å². The van der Waals surface area contributed by atoms with Crippen LogP contribution in [0.15, 0.2) is 84.3 Å². The summed E-state index contributed by atoms with van der Waals surface area (Å²) in [6.45, 7) is 1.76. The maximum absolute atomic E-state index is 15.0. The van der Waals surface area contributed by atoms with Gasteiger partial charge in [0.15, 0.2) is 5.82 Å². The average Bonchev–Trinajstić information content (AvgIpc) is 3.28. The van der Waals surface area contributed by atoms with E-state index in [0.717, 1.165) is 0 Å². The van der Waals surface area contributed by atoms with E-state index in [4.69, 9.17) is 4.74 Å². The molecule has 0 spiro atoms. The topological polar surface area (TPSA) is 94.0 Å². The Kier molecular flexibility index (Phi) is 5.51. The van der Waals surface area contributed by atoms with Crippen molar-refractivity contribution < 1.29 is 13.9 Å². The number of aromatic nitrogens is 4. The highest BCUT2D eigenvalue weighted by molar-refractivity contribution is 6.06. The second-order valence-electron chi connectivity index (χ2n) is 7.69. The van der Waals surface area contributed by atoms with Gasteiger partial charge in [-0.25, -0.2) is 9.07 Å². The molecule has 8 nitrogen and oxygen atoms in total. The number of fused-ring (bicyclic) bond motifs is 1. The maximum atomic E-state index is 15.0. The number of methoxy groups -OCH3 is 1. The quantitative estimate of drug-likeness (QED) is 0.462. The number of pyridine rings is 1. The first-order valence-electron chi connectivity index (χ1n) is 10.6. The minimum atomic E-state index is -0.843. The van der Waals surface area contributed by atoms with Crippen LogP contribution in [0.3, 0.4) is 0 Å². The van der Waals surface area contributed by atoms with E-state index < -0.39 is 17.8 Å². The predicted octanol–water partition coefficient (Wildman–Crippen LogP) is 4.42. The van der Waals surface area contributed by atoms with Gasteiger partial charge < -0.3 is 15.4 Å². The molecule has 0 bridgehead atoms. The van der Waals surface area contributed by atoms with Crippen LogP contribution < -0.4 is 15.4 Å². The van der Waals surface area contributed by atoms with Crippen molar-refractivity contribution in [2.75, 3.05) is 17.7 Å². The number of hydrogen-bond donors (Lipinski definition) is 2. The molecule has 1 unspecified atom stereocenters. The largest absolute Gasteiger partial charge is 0.495 e. The zero-order valence-electron chi connectivity index (χ0n) is 18.5. The Hall–Kier alpha value is -4.53. The second-order valence-corrected chi connectivity index (χ2v) is 7.69. The summed E-state index contributed by atoms with van der Waals surface area (Å²) >= 11 is 0. The Morgan fingerprint density at radius 2 is 1.91 bits per heavy atom. The summed E-state index contributed by atoms with van der Waals surface area (Å²) in [5.41, 5.74) is 2.36. The molecular formula is C25H21FN6O2. The lowest BCUT2D eigenvalue weighted by Gasteiger charge is -2.29. The SMILES string of the molecule is COc1ccccc1NC(=O)C1=C(C)Nc2nc(-c3cccnc3)nn2C1c1ccccc1F. The van der Waals surface area contributed by atoms with Gasteiger partial charge in [0, 0.05) is 29.2 Å². The molecule has 34 heavy (non-hydrogen) atoms. The Morgan fingerprint density at radius 3 is 2.68 bits per heavy atom. The van der Waals surface area contributed by atoms with Crippen LogP contribution in [0.2, 0.25) is 0 Å². The summed E-state index contributed by atoms with van der Waals surface area (Å²) in [4.78, 5) is 22.3. The Bertz CT molecular complexity index is 1400. The molecule has 9 heteroatoms. The molecule has 5 rings (SSSR count). The summed E-state index contributed by atoms with van der Waals surface area (Å²) in [6.07, 6.45) is 3.31. The first-order chi connectivity index (χ1) is 16.6. The molecule has 2 aromatic heterocycles. The van der Waals surface area contributed by atoms with Crippen LogP contribution in [-0.4, -0.2) is 32.8 Å². The highest BCUT2D eigenvalue weighted by atomic mass is 19.1. The lowest BCUT2D eigenvalue weighted by Crippen LogP contribution is -2.32. The van der Waals surface area contributed by atoms with Gasteiger partial charge in [-0.05, 0) is 37.3 Å². The number of para-hydroxylation sites is 2. The summed E-state index contributed by atoms with van der Waals surface area (Å²) in [5.74, 6) is 0.469. The van der Waals surface area contributed by atoms with Crippen molar-refractivity contribution in [3.8, 4) is 17.1 Å². The molecule has 0 saturated heterocycles. The zero-order chi connectivity index (χ0) is 23.7. The third kappa shape index (κ3) is 3.77. The number of allylic oxidation sites excluding steroid dienone is 1. The van der Waals surface area contributed by atoms with Gasteiger partial charge in [0.05, 0.1) is 18.4 Å². The molecule has 2 aromatic carbocycles. The van der Waals surface area contributed by atoms with Crippen molar-refractivity contribution in [1.29, 1.82) is 0 Å². The molecule has 0 aliphatic carbocycles. The average molecular weight is 456 g/mol. The lowest BCUT2D eigenvalue weighted by atomic mass is 9.94. The van der Waals surface area contributed by atoms with Crippen molar-refractivity contribution in [2.45, 2.75) is 13.0 Å². The number of hydrogen-bond acceptors (Lipinski definition) is 6. The molecule has 0 saturated carbocycles. The monoisotopic (exact) mass is 456 g/mol. The molecule has 2 N–H and O–H groups in total.